The molecule has 1 fully saturated rings. The smallest absolute Gasteiger partial charge is 0.274 e. The summed E-state index contributed by atoms with van der Waals surface area (Å²) in [6, 6.07) is 10.2. The van der Waals surface area contributed by atoms with Crippen molar-refractivity contribution in [3.8, 4) is 5.75 Å². The Morgan fingerprint density at radius 2 is 1.96 bits per heavy atom. The summed E-state index contributed by atoms with van der Waals surface area (Å²) in [4.78, 5) is 12.8. The topological polar surface area (TPSA) is 75.7 Å². The van der Waals surface area contributed by atoms with E-state index in [0.717, 1.165) is 34.9 Å². The Morgan fingerprint density at radius 3 is 2.64 bits per heavy atom. The van der Waals surface area contributed by atoms with Crippen LogP contribution in [0.3, 0.4) is 0 Å². The van der Waals surface area contributed by atoms with Crippen LogP contribution in [0.4, 0.5) is 5.69 Å². The molecule has 1 aromatic heterocycles. The second kappa shape index (κ2) is 8.96. The fraction of sp³-hybridized carbons (Fsp3) is 0.450. The first-order valence-electron chi connectivity index (χ1n) is 9.42. The van der Waals surface area contributed by atoms with Gasteiger partial charge in [-0.2, -0.15) is 0 Å². The van der Waals surface area contributed by atoms with E-state index in [4.69, 9.17) is 4.74 Å². The molecule has 1 saturated carbocycles. The van der Waals surface area contributed by atoms with E-state index in [0.29, 0.717) is 17.4 Å². The Hall–Kier alpha value is -2.06. The number of thiophene rings is 1. The first kappa shape index (κ1) is 20.7. The fourth-order valence-electron chi connectivity index (χ4n) is 3.57. The molecule has 28 heavy (non-hydrogen) atoms. The van der Waals surface area contributed by atoms with Gasteiger partial charge in [0.2, 0.25) is 5.91 Å². The average Bonchev–Trinajstić information content (AvgIpc) is 3.23. The Morgan fingerprint density at radius 1 is 1.21 bits per heavy atom. The summed E-state index contributed by atoms with van der Waals surface area (Å²) in [5.41, 5.74) is 0.352. The predicted octanol–water partition coefficient (Wildman–Crippen LogP) is 3.65. The van der Waals surface area contributed by atoms with Crippen molar-refractivity contribution in [1.82, 2.24) is 5.32 Å². The van der Waals surface area contributed by atoms with Crippen molar-refractivity contribution in [1.29, 1.82) is 0 Å². The second-order valence-corrected chi connectivity index (χ2v) is 10.1. The molecule has 0 bridgehead atoms. The third kappa shape index (κ3) is 4.50. The minimum atomic E-state index is -3.88. The van der Waals surface area contributed by atoms with E-state index in [2.05, 4.69) is 12.2 Å². The molecule has 0 radical (unpaired) electrons. The molecule has 2 atom stereocenters. The van der Waals surface area contributed by atoms with Crippen LogP contribution >= 0.6 is 11.3 Å². The van der Waals surface area contributed by atoms with E-state index in [9.17, 15) is 13.2 Å². The quantitative estimate of drug-likeness (QED) is 0.739. The first-order valence-corrected chi connectivity index (χ1v) is 11.7. The summed E-state index contributed by atoms with van der Waals surface area (Å²) >= 11 is 1.13. The third-order valence-corrected chi connectivity index (χ3v) is 8.27. The van der Waals surface area contributed by atoms with Crippen molar-refractivity contribution in [2.24, 2.45) is 5.92 Å². The maximum atomic E-state index is 13.3. The van der Waals surface area contributed by atoms with Gasteiger partial charge in [-0.05, 0) is 42.3 Å². The van der Waals surface area contributed by atoms with Crippen LogP contribution in [0.15, 0.2) is 46.0 Å². The number of hydrogen-bond donors (Lipinski definition) is 1. The predicted molar refractivity (Wildman–Crippen MR) is 111 cm³/mol. The summed E-state index contributed by atoms with van der Waals surface area (Å²) in [6.45, 7) is 1.84. The molecule has 0 spiro atoms. The molecule has 1 aromatic carbocycles. The Kier molecular flexibility index (Phi) is 6.61. The van der Waals surface area contributed by atoms with Gasteiger partial charge in [-0.3, -0.25) is 9.10 Å². The number of nitrogens with one attached hydrogen (secondary N) is 1. The van der Waals surface area contributed by atoms with Crippen molar-refractivity contribution >= 4 is 33.0 Å². The number of sulfonamides is 1. The average molecular weight is 423 g/mol. The zero-order valence-electron chi connectivity index (χ0n) is 16.1. The third-order valence-electron chi connectivity index (χ3n) is 5.14. The van der Waals surface area contributed by atoms with Crippen molar-refractivity contribution < 1.29 is 17.9 Å². The monoisotopic (exact) mass is 422 g/mol. The van der Waals surface area contributed by atoms with Crippen molar-refractivity contribution in [2.75, 3.05) is 18.0 Å². The van der Waals surface area contributed by atoms with Crippen LogP contribution < -0.4 is 14.4 Å². The number of para-hydroxylation sites is 2. The highest BCUT2D eigenvalue weighted by atomic mass is 32.2. The maximum absolute atomic E-state index is 13.3. The van der Waals surface area contributed by atoms with Gasteiger partial charge < -0.3 is 10.1 Å². The number of methoxy groups -OCH3 is 1. The first-order chi connectivity index (χ1) is 13.4. The minimum Gasteiger partial charge on any atom is -0.495 e. The Balaban J connectivity index is 1.89. The van der Waals surface area contributed by atoms with Gasteiger partial charge in [0.15, 0.2) is 0 Å². The van der Waals surface area contributed by atoms with Gasteiger partial charge in [0.05, 0.1) is 12.8 Å². The molecule has 1 N–H and O–H groups in total. The summed E-state index contributed by atoms with van der Waals surface area (Å²) < 4.78 is 33.2. The lowest BCUT2D eigenvalue weighted by molar-refractivity contribution is -0.120. The highest BCUT2D eigenvalue weighted by Gasteiger charge is 2.31. The molecule has 1 amide bonds. The van der Waals surface area contributed by atoms with Gasteiger partial charge in [0.1, 0.15) is 16.5 Å². The van der Waals surface area contributed by atoms with Crippen molar-refractivity contribution in [3.63, 3.8) is 0 Å². The number of rotatable bonds is 7. The molecule has 3 rings (SSSR count). The number of carbonyl (C=O) groups is 1. The molecular formula is C20H26N2O4S2. The highest BCUT2D eigenvalue weighted by Crippen LogP contribution is 2.33. The van der Waals surface area contributed by atoms with Gasteiger partial charge in [-0.15, -0.1) is 11.3 Å². The lowest BCUT2D eigenvalue weighted by Gasteiger charge is -2.31. The molecule has 1 heterocycles. The summed E-state index contributed by atoms with van der Waals surface area (Å²) in [5, 5.41) is 4.75. The number of amides is 1. The minimum absolute atomic E-state index is 0.0882. The molecular weight excluding hydrogens is 396 g/mol. The largest absolute Gasteiger partial charge is 0.495 e. The summed E-state index contributed by atoms with van der Waals surface area (Å²) in [7, 11) is -2.40. The number of nitrogens with zero attached hydrogens (tertiary/aromatic N) is 1. The van der Waals surface area contributed by atoms with Gasteiger partial charge >= 0.3 is 0 Å². The fourth-order valence-corrected chi connectivity index (χ4v) is 6.10. The molecule has 152 valence electrons. The number of benzene rings is 1. The lowest BCUT2D eigenvalue weighted by atomic mass is 9.86. The van der Waals surface area contributed by atoms with E-state index in [1.54, 1.807) is 41.8 Å². The number of hydrogen-bond acceptors (Lipinski definition) is 5. The molecule has 2 aromatic rings. The van der Waals surface area contributed by atoms with Crippen LogP contribution in [0.2, 0.25) is 0 Å². The van der Waals surface area contributed by atoms with Crippen LogP contribution in [0.1, 0.15) is 32.6 Å². The Labute approximate surface area is 170 Å². The summed E-state index contributed by atoms with van der Waals surface area (Å²) in [6.07, 6.45) is 4.26. The van der Waals surface area contributed by atoms with Gasteiger partial charge in [0.25, 0.3) is 10.0 Å². The zero-order chi connectivity index (χ0) is 20.1. The number of carbonyl (C=O) groups excluding carboxylic acids is 1. The maximum Gasteiger partial charge on any atom is 0.274 e. The second-order valence-electron chi connectivity index (χ2n) is 7.05. The molecule has 1 aliphatic rings. The van der Waals surface area contributed by atoms with E-state index in [1.165, 1.54) is 13.5 Å². The van der Waals surface area contributed by atoms with Crippen LogP contribution in [0, 0.1) is 5.92 Å². The molecule has 1 aliphatic carbocycles. The van der Waals surface area contributed by atoms with Gasteiger partial charge in [-0.1, -0.05) is 38.0 Å². The molecule has 6 nitrogen and oxygen atoms in total. The van der Waals surface area contributed by atoms with Crippen LogP contribution in [-0.2, 0) is 14.8 Å². The zero-order valence-corrected chi connectivity index (χ0v) is 17.8. The number of ether oxygens (including phenoxy) is 1. The van der Waals surface area contributed by atoms with Crippen LogP contribution in [-0.4, -0.2) is 34.0 Å². The molecule has 0 unspecified atom stereocenters. The molecule has 8 heteroatoms. The van der Waals surface area contributed by atoms with Crippen molar-refractivity contribution in [2.45, 2.75) is 42.9 Å². The van der Waals surface area contributed by atoms with Gasteiger partial charge in [0, 0.05) is 6.04 Å². The van der Waals surface area contributed by atoms with Gasteiger partial charge in [-0.25, -0.2) is 8.42 Å². The van der Waals surface area contributed by atoms with E-state index < -0.39 is 10.0 Å². The number of anilines is 1. The lowest BCUT2D eigenvalue weighted by Crippen LogP contribution is -2.47. The van der Waals surface area contributed by atoms with E-state index in [1.807, 2.05) is 0 Å². The Bertz CT molecular complexity index is 897. The van der Waals surface area contributed by atoms with E-state index in [-0.39, 0.29) is 22.7 Å². The highest BCUT2D eigenvalue weighted by molar-refractivity contribution is 7.94. The standard InChI is InChI=1S/C20H26N2O4S2/c1-15-8-3-4-9-16(15)21-19(23)14-22(17-10-5-6-11-18(17)26-2)28(24,25)20-12-7-13-27-20/h5-7,10-13,15-16H,3-4,8-9,14H2,1-2H3,(H,21,23)/t15-,16+/m0/s1. The van der Waals surface area contributed by atoms with Crippen molar-refractivity contribution in [3.05, 3.63) is 41.8 Å². The summed E-state index contributed by atoms with van der Waals surface area (Å²) in [5.74, 6) is 0.498. The van der Waals surface area contributed by atoms with Crippen LogP contribution in [0.25, 0.3) is 0 Å². The van der Waals surface area contributed by atoms with Crippen LogP contribution in [0.5, 0.6) is 5.75 Å². The normalized spacial score (nSPS) is 19.8. The molecule has 0 aliphatic heterocycles. The molecule has 0 saturated heterocycles. The van der Waals surface area contributed by atoms with E-state index >= 15 is 0 Å². The SMILES string of the molecule is COc1ccccc1N(CC(=O)N[C@@H]1CCCC[C@@H]1C)S(=O)(=O)c1cccs1.